The van der Waals surface area contributed by atoms with Gasteiger partial charge in [0.1, 0.15) is 5.82 Å². The SMILES string of the molecule is CC1(O)CCCN(Cc2ccc(F)c(Cl)c2)CC1. The zero-order valence-electron chi connectivity index (χ0n) is 10.6. The number of nitrogens with zero attached hydrogens (tertiary/aromatic N) is 1. The smallest absolute Gasteiger partial charge is 0.141 e. The molecule has 1 aliphatic heterocycles. The molecule has 1 N–H and O–H groups in total. The fourth-order valence-corrected chi connectivity index (χ4v) is 2.58. The molecule has 0 radical (unpaired) electrons. The number of benzene rings is 1. The zero-order chi connectivity index (χ0) is 13.2. The Hall–Kier alpha value is -0.640. The van der Waals surface area contributed by atoms with Crippen LogP contribution >= 0.6 is 11.6 Å². The first-order chi connectivity index (χ1) is 8.46. The second kappa shape index (κ2) is 5.55. The van der Waals surface area contributed by atoms with E-state index in [1.54, 1.807) is 12.1 Å². The van der Waals surface area contributed by atoms with Crippen molar-refractivity contribution in [2.24, 2.45) is 0 Å². The number of halogens is 2. The number of hydrogen-bond acceptors (Lipinski definition) is 2. The van der Waals surface area contributed by atoms with E-state index in [4.69, 9.17) is 11.6 Å². The lowest BCUT2D eigenvalue weighted by Gasteiger charge is -2.22. The fourth-order valence-electron chi connectivity index (χ4n) is 2.37. The van der Waals surface area contributed by atoms with E-state index >= 15 is 0 Å². The van der Waals surface area contributed by atoms with Gasteiger partial charge in [0.15, 0.2) is 0 Å². The van der Waals surface area contributed by atoms with E-state index in [9.17, 15) is 9.50 Å². The predicted molar refractivity (Wildman–Crippen MR) is 71.2 cm³/mol. The lowest BCUT2D eigenvalue weighted by Crippen LogP contribution is -2.28. The molecule has 1 atom stereocenters. The van der Waals surface area contributed by atoms with Gasteiger partial charge >= 0.3 is 0 Å². The highest BCUT2D eigenvalue weighted by atomic mass is 35.5. The van der Waals surface area contributed by atoms with Gasteiger partial charge in [-0.05, 0) is 50.4 Å². The minimum absolute atomic E-state index is 0.175. The highest BCUT2D eigenvalue weighted by Crippen LogP contribution is 2.23. The number of rotatable bonds is 2. The molecule has 0 aromatic heterocycles. The number of likely N-dealkylation sites (tertiary alicyclic amines) is 1. The Balaban J connectivity index is 1.98. The van der Waals surface area contributed by atoms with Crippen LogP contribution in [-0.4, -0.2) is 28.7 Å². The van der Waals surface area contributed by atoms with E-state index in [0.717, 1.165) is 44.5 Å². The highest BCUT2D eigenvalue weighted by Gasteiger charge is 2.24. The van der Waals surface area contributed by atoms with Gasteiger partial charge < -0.3 is 5.11 Å². The van der Waals surface area contributed by atoms with Crippen molar-refractivity contribution >= 4 is 11.6 Å². The summed E-state index contributed by atoms with van der Waals surface area (Å²) in [5, 5.41) is 10.2. The Morgan fingerprint density at radius 1 is 1.39 bits per heavy atom. The van der Waals surface area contributed by atoms with Crippen molar-refractivity contribution < 1.29 is 9.50 Å². The van der Waals surface area contributed by atoms with Crippen molar-refractivity contribution in [1.82, 2.24) is 4.90 Å². The second-order valence-corrected chi connectivity index (χ2v) is 5.78. The summed E-state index contributed by atoms with van der Waals surface area (Å²) in [5.41, 5.74) is 0.470. The molecule has 1 unspecified atom stereocenters. The molecule has 0 spiro atoms. The van der Waals surface area contributed by atoms with Crippen LogP contribution in [-0.2, 0) is 6.54 Å². The third-order valence-corrected chi connectivity index (χ3v) is 3.84. The van der Waals surface area contributed by atoms with Crippen LogP contribution in [0.15, 0.2) is 18.2 Å². The molecule has 1 saturated heterocycles. The minimum Gasteiger partial charge on any atom is -0.390 e. The average Bonchev–Trinajstić information content (AvgIpc) is 2.46. The molecule has 1 aromatic rings. The Morgan fingerprint density at radius 2 is 2.17 bits per heavy atom. The van der Waals surface area contributed by atoms with E-state index in [2.05, 4.69) is 4.90 Å². The van der Waals surface area contributed by atoms with Gasteiger partial charge in [-0.1, -0.05) is 17.7 Å². The number of hydrogen-bond donors (Lipinski definition) is 1. The summed E-state index contributed by atoms with van der Waals surface area (Å²) in [6.07, 6.45) is 2.61. The topological polar surface area (TPSA) is 23.5 Å². The van der Waals surface area contributed by atoms with Crippen molar-refractivity contribution in [3.8, 4) is 0 Å². The van der Waals surface area contributed by atoms with E-state index in [0.29, 0.717) is 0 Å². The van der Waals surface area contributed by atoms with Gasteiger partial charge in [-0.3, -0.25) is 4.90 Å². The summed E-state index contributed by atoms with van der Waals surface area (Å²) in [6.45, 7) is 4.48. The van der Waals surface area contributed by atoms with Gasteiger partial charge in [0.05, 0.1) is 10.6 Å². The number of aliphatic hydroxyl groups is 1. The molecule has 0 bridgehead atoms. The second-order valence-electron chi connectivity index (χ2n) is 5.38. The molecule has 2 rings (SSSR count). The molecule has 1 fully saturated rings. The van der Waals surface area contributed by atoms with Crippen molar-refractivity contribution in [1.29, 1.82) is 0 Å². The predicted octanol–water partition coefficient (Wildman–Crippen LogP) is 3.22. The van der Waals surface area contributed by atoms with Crippen LogP contribution in [0, 0.1) is 5.82 Å². The van der Waals surface area contributed by atoms with Crippen LogP contribution in [0.5, 0.6) is 0 Å². The van der Waals surface area contributed by atoms with Crippen molar-refractivity contribution in [2.75, 3.05) is 13.1 Å². The van der Waals surface area contributed by atoms with Gasteiger partial charge in [0, 0.05) is 13.1 Å². The first-order valence-electron chi connectivity index (χ1n) is 6.35. The average molecular weight is 272 g/mol. The maximum Gasteiger partial charge on any atom is 0.141 e. The third-order valence-electron chi connectivity index (χ3n) is 3.55. The van der Waals surface area contributed by atoms with Crippen LogP contribution in [0.2, 0.25) is 5.02 Å². The van der Waals surface area contributed by atoms with Gasteiger partial charge in [-0.2, -0.15) is 0 Å². The van der Waals surface area contributed by atoms with E-state index in [-0.39, 0.29) is 10.8 Å². The van der Waals surface area contributed by atoms with E-state index in [1.165, 1.54) is 6.07 Å². The van der Waals surface area contributed by atoms with Crippen LogP contribution < -0.4 is 0 Å². The summed E-state index contributed by atoms with van der Waals surface area (Å²) in [4.78, 5) is 2.28. The first-order valence-corrected chi connectivity index (χ1v) is 6.73. The monoisotopic (exact) mass is 271 g/mol. The van der Waals surface area contributed by atoms with Crippen molar-refractivity contribution in [3.05, 3.63) is 34.6 Å². The molecular weight excluding hydrogens is 253 g/mol. The summed E-state index contributed by atoms with van der Waals surface area (Å²) >= 11 is 5.78. The molecule has 1 heterocycles. The van der Waals surface area contributed by atoms with Crippen LogP contribution in [0.4, 0.5) is 4.39 Å². The summed E-state index contributed by atoms with van der Waals surface area (Å²) in [5.74, 6) is -0.376. The maximum atomic E-state index is 13.1. The molecule has 0 aliphatic carbocycles. The molecule has 0 saturated carbocycles. The third kappa shape index (κ3) is 3.67. The highest BCUT2D eigenvalue weighted by molar-refractivity contribution is 6.30. The molecule has 4 heteroatoms. The lowest BCUT2D eigenvalue weighted by atomic mass is 9.98. The lowest BCUT2D eigenvalue weighted by molar-refractivity contribution is 0.0444. The molecule has 1 aliphatic rings. The zero-order valence-corrected chi connectivity index (χ0v) is 11.4. The molecule has 100 valence electrons. The van der Waals surface area contributed by atoms with Crippen molar-refractivity contribution in [3.63, 3.8) is 0 Å². The molecule has 18 heavy (non-hydrogen) atoms. The van der Waals surface area contributed by atoms with Gasteiger partial charge in [-0.25, -0.2) is 4.39 Å². The quantitative estimate of drug-likeness (QED) is 0.893. The van der Waals surface area contributed by atoms with E-state index < -0.39 is 5.60 Å². The normalized spacial score (nSPS) is 26.0. The Bertz CT molecular complexity index is 422. The summed E-state index contributed by atoms with van der Waals surface area (Å²) in [7, 11) is 0. The largest absolute Gasteiger partial charge is 0.390 e. The molecule has 1 aromatic carbocycles. The summed E-state index contributed by atoms with van der Waals surface area (Å²) in [6, 6.07) is 4.86. The maximum absolute atomic E-state index is 13.1. The minimum atomic E-state index is -0.546. The Kier molecular flexibility index (Phi) is 4.25. The Labute approximate surface area is 112 Å². The summed E-state index contributed by atoms with van der Waals surface area (Å²) < 4.78 is 13.1. The fraction of sp³-hybridized carbons (Fsp3) is 0.571. The standard InChI is InChI=1S/C14H19ClFNO/c1-14(18)5-2-7-17(8-6-14)10-11-3-4-13(16)12(15)9-11/h3-4,9,18H,2,5-8,10H2,1H3. The van der Waals surface area contributed by atoms with Gasteiger partial charge in [0.25, 0.3) is 0 Å². The first kappa shape index (κ1) is 13.8. The molecular formula is C14H19ClFNO. The molecule has 0 amide bonds. The van der Waals surface area contributed by atoms with Gasteiger partial charge in [0.2, 0.25) is 0 Å². The van der Waals surface area contributed by atoms with E-state index in [1.807, 2.05) is 6.92 Å². The van der Waals surface area contributed by atoms with Crippen LogP contribution in [0.3, 0.4) is 0 Å². The van der Waals surface area contributed by atoms with Crippen LogP contribution in [0.25, 0.3) is 0 Å². The van der Waals surface area contributed by atoms with Crippen LogP contribution in [0.1, 0.15) is 31.7 Å². The van der Waals surface area contributed by atoms with Crippen molar-refractivity contribution in [2.45, 2.75) is 38.3 Å². The molecule has 2 nitrogen and oxygen atoms in total. The Morgan fingerprint density at radius 3 is 2.89 bits per heavy atom. The van der Waals surface area contributed by atoms with Gasteiger partial charge in [-0.15, -0.1) is 0 Å².